The molecule has 1 aromatic heterocycles. The normalized spacial score (nSPS) is 21.2. The molecule has 1 fully saturated rings. The highest BCUT2D eigenvalue weighted by molar-refractivity contribution is 7.85. The topological polar surface area (TPSA) is 506 Å². The van der Waals surface area contributed by atoms with Gasteiger partial charge in [0, 0.05) is 61.5 Å². The summed E-state index contributed by atoms with van der Waals surface area (Å²) in [6.07, 6.45) is -3.01. The van der Waals surface area contributed by atoms with Crippen molar-refractivity contribution in [1.29, 1.82) is 0 Å². The van der Waals surface area contributed by atoms with Crippen LogP contribution in [0.1, 0.15) is 101 Å². The minimum absolute atomic E-state index is 0.0582. The van der Waals surface area contributed by atoms with Gasteiger partial charge < -0.3 is 79.3 Å². The van der Waals surface area contributed by atoms with Crippen molar-refractivity contribution in [3.63, 3.8) is 0 Å². The van der Waals surface area contributed by atoms with Crippen molar-refractivity contribution in [2.75, 3.05) is 78.3 Å². The zero-order chi connectivity index (χ0) is 74.8. The van der Waals surface area contributed by atoms with Crippen molar-refractivity contribution < 1.29 is 88.9 Å². The summed E-state index contributed by atoms with van der Waals surface area (Å²) < 4.78 is 65.0. The average Bonchev–Trinajstić information content (AvgIpc) is 1.07. The lowest BCUT2D eigenvalue weighted by atomic mass is 9.84. The fraction of sp³-hybridized carbons (Fsp3) is 0.576. The highest BCUT2D eigenvalue weighted by atomic mass is 32.2. The first-order valence-corrected chi connectivity index (χ1v) is 36.8. The number of rotatable bonds is 36. The molecular weight excluding hydrogens is 1360 g/mol. The summed E-state index contributed by atoms with van der Waals surface area (Å²) in [4.78, 5) is 163. The number of nitrogens with zero attached hydrogens (tertiary/aromatic N) is 1. The zero-order valence-electron chi connectivity index (χ0n) is 57.8. The van der Waals surface area contributed by atoms with E-state index in [0.717, 1.165) is 6.92 Å². The quantitative estimate of drug-likeness (QED) is 0.0158. The predicted molar refractivity (Wildman–Crippen MR) is 372 cm³/mol. The summed E-state index contributed by atoms with van der Waals surface area (Å²) in [6.45, 7) is 4.76. The maximum Gasteiger partial charge on any atom is 0.278 e. The molecule has 2 aromatic carbocycles. The van der Waals surface area contributed by atoms with Gasteiger partial charge in [-0.25, -0.2) is 0 Å². The summed E-state index contributed by atoms with van der Waals surface area (Å²) in [6, 6.07) is 9.38. The van der Waals surface area contributed by atoms with Gasteiger partial charge in [-0.1, -0.05) is 87.9 Å². The third kappa shape index (κ3) is 30.6. The molecule has 17 N–H and O–H groups in total. The van der Waals surface area contributed by atoms with E-state index in [4.69, 9.17) is 0 Å². The van der Waals surface area contributed by atoms with E-state index in [0.29, 0.717) is 29.8 Å². The van der Waals surface area contributed by atoms with Crippen LogP contribution in [-0.4, -0.2) is 232 Å². The van der Waals surface area contributed by atoms with Gasteiger partial charge >= 0.3 is 0 Å². The van der Waals surface area contributed by atoms with E-state index in [9.17, 15) is 88.9 Å². The highest BCUT2D eigenvalue weighted by Crippen LogP contribution is 2.24. The zero-order valence-corrected chi connectivity index (χ0v) is 59.4. The molecule has 4 rings (SSSR count). The van der Waals surface area contributed by atoms with Crippen molar-refractivity contribution in [3.05, 3.63) is 90.1 Å². The Labute approximate surface area is 588 Å². The first-order chi connectivity index (χ1) is 47.9. The second kappa shape index (κ2) is 43.6. The van der Waals surface area contributed by atoms with Crippen molar-refractivity contribution in [3.8, 4) is 11.3 Å². The number of aromatic nitrogens is 1. The Kier molecular flexibility index (Phi) is 36.9. The molecule has 0 saturated carbocycles. The largest absolute Gasteiger partial charge is 0.394 e. The van der Waals surface area contributed by atoms with Gasteiger partial charge in [0.25, 0.3) is 20.2 Å². The van der Waals surface area contributed by atoms with Crippen LogP contribution in [-0.2, 0) is 74.6 Å². The van der Waals surface area contributed by atoms with Crippen molar-refractivity contribution in [1.82, 2.24) is 74.1 Å². The molecule has 1 aliphatic rings. The number of Topliss-reactive ketones (excluding diaryl/α,β-unsaturated/α-hetero) is 3. The molecule has 35 heteroatoms. The number of amides is 8. The standard InChI is InChI=1S/C66H100N14O19S2/c1-7-40(3)47-35-57(85)53(31-42-15-11-9-12-16-42)78-64(91)48(21-25-67-5)76-63(90)51(24-30-73-66(93)58(41(4)82)80-65(92)50(23-28-71-39-101(97,98)99)77-62(89)49(75-61(47)88)22-27-69-8-2)74-60(87)46(36-68-6)34-56(84)54(37-81)79-59(86)45(19-26-70-38-100(94,95)96)33-55(83)44-20-29-72-52(32-44)43-17-13-10-14-18-43/h9-18,20,29,32,40-41,45-51,53-54,58,67-71,81-82H,7-8,19,21-28,30-31,33-39H2,1-6H3,(H,73,93)(H,74,87)(H,75,88)(H,76,90)(H,77,89)(H,78,91)(H,79,86)(H,80,92)(H,94,95,96)(H,97,98,99)/t40-,41+,45+,46+,47-,48-,49-,50-,51-,53+,54-,58-/m0/s1. The van der Waals surface area contributed by atoms with Gasteiger partial charge in [0.05, 0.1) is 30.4 Å². The fourth-order valence-electron chi connectivity index (χ4n) is 10.9. The van der Waals surface area contributed by atoms with Gasteiger partial charge in [-0.3, -0.25) is 66.8 Å². The van der Waals surface area contributed by atoms with Gasteiger partial charge in [0.15, 0.2) is 17.3 Å². The molecule has 12 atom stereocenters. The molecule has 3 aromatic rings. The summed E-state index contributed by atoms with van der Waals surface area (Å²) in [5, 5.41) is 56.0. The van der Waals surface area contributed by atoms with Gasteiger partial charge in [0.2, 0.25) is 47.3 Å². The average molecular weight is 1460 g/mol. The van der Waals surface area contributed by atoms with Crippen molar-refractivity contribution in [2.45, 2.75) is 140 Å². The van der Waals surface area contributed by atoms with Crippen LogP contribution < -0.4 is 69.1 Å². The van der Waals surface area contributed by atoms with Gasteiger partial charge in [-0.2, -0.15) is 16.8 Å². The Morgan fingerprint density at radius 3 is 1.78 bits per heavy atom. The number of carbonyl (C=O) groups is 11. The smallest absolute Gasteiger partial charge is 0.278 e. The van der Waals surface area contributed by atoms with E-state index >= 15 is 0 Å². The van der Waals surface area contributed by atoms with Crippen LogP contribution >= 0.6 is 0 Å². The molecule has 0 spiro atoms. The molecule has 0 bridgehead atoms. The van der Waals surface area contributed by atoms with Gasteiger partial charge in [-0.05, 0) is 116 Å². The Bertz CT molecular complexity index is 3470. The lowest BCUT2D eigenvalue weighted by Crippen LogP contribution is -2.60. The van der Waals surface area contributed by atoms with Crippen LogP contribution in [0.3, 0.4) is 0 Å². The number of aliphatic hydroxyl groups excluding tert-OH is 2. The number of carbonyl (C=O) groups excluding carboxylic acids is 11. The van der Waals surface area contributed by atoms with Crippen molar-refractivity contribution >= 4 is 84.8 Å². The predicted octanol–water partition coefficient (Wildman–Crippen LogP) is -2.86. The number of aliphatic hydroxyl groups is 2. The molecule has 1 aliphatic heterocycles. The molecule has 0 unspecified atom stereocenters. The first-order valence-electron chi connectivity index (χ1n) is 33.6. The Hall–Kier alpha value is -8.10. The molecular formula is C66H100N14O19S2. The van der Waals surface area contributed by atoms with Crippen LogP contribution in [0.2, 0.25) is 0 Å². The third-order valence-electron chi connectivity index (χ3n) is 16.9. The van der Waals surface area contributed by atoms with E-state index in [1.54, 1.807) is 88.5 Å². The molecule has 0 aliphatic carbocycles. The molecule has 8 amide bonds. The third-order valence-corrected chi connectivity index (χ3v) is 18.0. The molecule has 33 nitrogen and oxygen atoms in total. The van der Waals surface area contributed by atoms with Crippen LogP contribution in [0.5, 0.6) is 0 Å². The number of benzene rings is 2. The van der Waals surface area contributed by atoms with Crippen LogP contribution in [0, 0.1) is 23.7 Å². The molecule has 1 saturated heterocycles. The van der Waals surface area contributed by atoms with E-state index in [1.807, 2.05) is 0 Å². The van der Waals surface area contributed by atoms with E-state index in [1.165, 1.54) is 25.4 Å². The van der Waals surface area contributed by atoms with Crippen LogP contribution in [0.4, 0.5) is 0 Å². The summed E-state index contributed by atoms with van der Waals surface area (Å²) in [7, 11) is -6.07. The number of nitrogens with one attached hydrogen (secondary N) is 13. The lowest BCUT2D eigenvalue weighted by molar-refractivity contribution is -0.137. The lowest BCUT2D eigenvalue weighted by Gasteiger charge is -2.29. The fourth-order valence-corrected chi connectivity index (χ4v) is 11.7. The SMILES string of the molecule is CCNCC[C@@H]1NC(=O)[C@H]([C@@H](C)CC)CC(=O)[C@@H](Cc2ccccc2)NC(=O)[C@H](CCNC)NC(=O)[C@@H](NC(=O)[C@@H](CNC)CC(=O)[C@H](CO)NC(=O)[C@H](CCNCS(=O)(=O)O)CC(=O)c2ccnc(-c3ccccc3)c2)CCNC(=O)[C@H]([C@@H](C)O)NC(=O)[C@H](CCNCS(=O)(=O)O)NC1=O. The maximum atomic E-state index is 14.9. The summed E-state index contributed by atoms with van der Waals surface area (Å²) in [5.41, 5.74) is 1.90. The Morgan fingerprint density at radius 2 is 1.21 bits per heavy atom. The van der Waals surface area contributed by atoms with Gasteiger partial charge in [0.1, 0.15) is 48.0 Å². The minimum atomic E-state index is -4.57. The number of pyridine rings is 1. The highest BCUT2D eigenvalue weighted by Gasteiger charge is 2.38. The molecule has 101 heavy (non-hydrogen) atoms. The molecule has 560 valence electrons. The summed E-state index contributed by atoms with van der Waals surface area (Å²) in [5.74, 6) is -15.9. The van der Waals surface area contributed by atoms with Crippen LogP contribution in [0.15, 0.2) is 79.0 Å². The first kappa shape index (κ1) is 85.3. The van der Waals surface area contributed by atoms with Gasteiger partial charge in [-0.15, -0.1) is 0 Å². The number of hydrogen-bond acceptors (Lipinski definition) is 23. The Morgan fingerprint density at radius 1 is 0.644 bits per heavy atom. The second-order valence-corrected chi connectivity index (χ2v) is 27.7. The van der Waals surface area contributed by atoms with E-state index in [-0.39, 0.29) is 64.0 Å². The van der Waals surface area contributed by atoms with E-state index < -0.39 is 214 Å². The van der Waals surface area contributed by atoms with Crippen molar-refractivity contribution in [2.24, 2.45) is 23.7 Å². The number of ketones is 3. The monoisotopic (exact) mass is 1460 g/mol. The van der Waals surface area contributed by atoms with Crippen LogP contribution in [0.25, 0.3) is 11.3 Å². The minimum Gasteiger partial charge on any atom is -0.394 e. The van der Waals surface area contributed by atoms with E-state index in [2.05, 4.69) is 74.1 Å². The molecule has 2 heterocycles. The number of hydrogen-bond donors (Lipinski definition) is 17. The Balaban J connectivity index is 1.76. The summed E-state index contributed by atoms with van der Waals surface area (Å²) >= 11 is 0. The second-order valence-electron chi connectivity index (χ2n) is 24.8. The maximum absolute atomic E-state index is 14.9. The molecule has 0 radical (unpaired) electrons.